The van der Waals surface area contributed by atoms with E-state index in [2.05, 4.69) is 46.2 Å². The lowest BCUT2D eigenvalue weighted by Gasteiger charge is -2.27. The zero-order valence-corrected chi connectivity index (χ0v) is 15.5. The van der Waals surface area contributed by atoms with Gasteiger partial charge in [-0.25, -0.2) is 0 Å². The SMILES string of the molecule is Cc1cccc2[nH]cc(CCN=C(N)N3CCCCC3)c12.I. The molecule has 1 aromatic heterocycles. The molecule has 0 bridgehead atoms. The molecule has 0 amide bonds. The number of aliphatic imine (C=N–C) groups is 1. The number of halogens is 1. The fraction of sp³-hybridized carbons (Fsp3) is 0.471. The van der Waals surface area contributed by atoms with Crippen molar-refractivity contribution in [3.63, 3.8) is 0 Å². The van der Waals surface area contributed by atoms with Crippen LogP contribution in [0.1, 0.15) is 30.4 Å². The molecule has 1 fully saturated rings. The highest BCUT2D eigenvalue weighted by Gasteiger charge is 2.11. The van der Waals surface area contributed by atoms with Crippen molar-refractivity contribution in [3.8, 4) is 0 Å². The van der Waals surface area contributed by atoms with Crippen LogP contribution < -0.4 is 5.73 Å². The molecule has 2 aromatic rings. The quantitative estimate of drug-likeness (QED) is 0.461. The normalized spacial score (nSPS) is 15.9. The molecule has 1 aromatic carbocycles. The Bertz CT molecular complexity index is 641. The van der Waals surface area contributed by atoms with E-state index in [1.807, 2.05) is 0 Å². The highest BCUT2D eigenvalue weighted by molar-refractivity contribution is 14.0. The topological polar surface area (TPSA) is 57.4 Å². The van der Waals surface area contributed by atoms with Gasteiger partial charge in [0.25, 0.3) is 0 Å². The predicted molar refractivity (Wildman–Crippen MR) is 104 cm³/mol. The number of aromatic nitrogens is 1. The summed E-state index contributed by atoms with van der Waals surface area (Å²) >= 11 is 0. The zero-order valence-electron chi connectivity index (χ0n) is 13.1. The molecule has 120 valence electrons. The van der Waals surface area contributed by atoms with E-state index >= 15 is 0 Å². The molecule has 5 heteroatoms. The van der Waals surface area contributed by atoms with E-state index in [0.29, 0.717) is 5.96 Å². The molecule has 0 spiro atoms. The van der Waals surface area contributed by atoms with Gasteiger partial charge in [0.1, 0.15) is 0 Å². The average molecular weight is 412 g/mol. The largest absolute Gasteiger partial charge is 0.370 e. The number of hydrogen-bond acceptors (Lipinski definition) is 1. The standard InChI is InChI=1S/C17H24N4.HI/c1-13-6-5-7-15-16(13)14(12-20-15)8-9-19-17(18)21-10-3-2-4-11-21;/h5-7,12,20H,2-4,8-11H2,1H3,(H2,18,19);1H. The van der Waals surface area contributed by atoms with Crippen LogP contribution in [0, 0.1) is 6.92 Å². The van der Waals surface area contributed by atoms with E-state index in [0.717, 1.165) is 26.1 Å². The van der Waals surface area contributed by atoms with Crippen molar-refractivity contribution in [2.24, 2.45) is 10.7 Å². The van der Waals surface area contributed by atoms with Gasteiger partial charge in [0, 0.05) is 36.7 Å². The lowest BCUT2D eigenvalue weighted by molar-refractivity contribution is 0.338. The lowest BCUT2D eigenvalue weighted by atomic mass is 10.1. The van der Waals surface area contributed by atoms with Gasteiger partial charge in [-0.1, -0.05) is 12.1 Å². The van der Waals surface area contributed by atoms with E-state index in [-0.39, 0.29) is 24.0 Å². The molecular formula is C17H25IN4. The molecule has 1 aliphatic rings. The minimum Gasteiger partial charge on any atom is -0.370 e. The fourth-order valence-corrected chi connectivity index (χ4v) is 3.16. The van der Waals surface area contributed by atoms with Crippen LogP contribution in [0.4, 0.5) is 0 Å². The van der Waals surface area contributed by atoms with Crippen molar-refractivity contribution < 1.29 is 0 Å². The van der Waals surface area contributed by atoms with Crippen molar-refractivity contribution in [2.45, 2.75) is 32.6 Å². The van der Waals surface area contributed by atoms with Crippen LogP contribution in [0.2, 0.25) is 0 Å². The highest BCUT2D eigenvalue weighted by Crippen LogP contribution is 2.22. The van der Waals surface area contributed by atoms with Crippen molar-refractivity contribution in [1.29, 1.82) is 0 Å². The van der Waals surface area contributed by atoms with Gasteiger partial charge in [-0.05, 0) is 49.8 Å². The van der Waals surface area contributed by atoms with Crippen molar-refractivity contribution in [3.05, 3.63) is 35.5 Å². The average Bonchev–Trinajstić information content (AvgIpc) is 2.93. The van der Waals surface area contributed by atoms with Crippen LogP contribution in [0.25, 0.3) is 10.9 Å². The summed E-state index contributed by atoms with van der Waals surface area (Å²) in [6, 6.07) is 6.37. The summed E-state index contributed by atoms with van der Waals surface area (Å²) in [6.07, 6.45) is 6.82. The molecule has 4 nitrogen and oxygen atoms in total. The van der Waals surface area contributed by atoms with E-state index in [1.165, 1.54) is 41.3 Å². The molecular weight excluding hydrogens is 387 g/mol. The highest BCUT2D eigenvalue weighted by atomic mass is 127. The first-order valence-electron chi connectivity index (χ1n) is 7.86. The van der Waals surface area contributed by atoms with Gasteiger partial charge in [-0.2, -0.15) is 0 Å². The molecule has 0 atom stereocenters. The van der Waals surface area contributed by atoms with Crippen molar-refractivity contribution in [2.75, 3.05) is 19.6 Å². The third-order valence-electron chi connectivity index (χ3n) is 4.33. The number of likely N-dealkylation sites (tertiary alicyclic amines) is 1. The number of H-pyrrole nitrogens is 1. The second-order valence-electron chi connectivity index (χ2n) is 5.85. The van der Waals surface area contributed by atoms with Crippen molar-refractivity contribution >= 4 is 40.8 Å². The van der Waals surface area contributed by atoms with Gasteiger partial charge in [-0.3, -0.25) is 4.99 Å². The number of nitrogens with one attached hydrogen (secondary N) is 1. The van der Waals surface area contributed by atoms with E-state index in [4.69, 9.17) is 5.73 Å². The Morgan fingerprint density at radius 1 is 1.27 bits per heavy atom. The minimum atomic E-state index is 0. The molecule has 1 saturated heterocycles. The Morgan fingerprint density at radius 3 is 2.82 bits per heavy atom. The number of fused-ring (bicyclic) bond motifs is 1. The minimum absolute atomic E-state index is 0. The number of guanidine groups is 1. The monoisotopic (exact) mass is 412 g/mol. The van der Waals surface area contributed by atoms with Gasteiger partial charge in [0.05, 0.1) is 0 Å². The molecule has 22 heavy (non-hydrogen) atoms. The third kappa shape index (κ3) is 3.74. The Balaban J connectivity index is 0.00000176. The Labute approximate surface area is 149 Å². The second kappa shape index (κ2) is 7.85. The van der Waals surface area contributed by atoms with Gasteiger partial charge < -0.3 is 15.6 Å². The Morgan fingerprint density at radius 2 is 2.05 bits per heavy atom. The smallest absolute Gasteiger partial charge is 0.191 e. The lowest BCUT2D eigenvalue weighted by Crippen LogP contribution is -2.41. The second-order valence-corrected chi connectivity index (χ2v) is 5.85. The van der Waals surface area contributed by atoms with Gasteiger partial charge in [-0.15, -0.1) is 24.0 Å². The number of nitrogens with two attached hydrogens (primary N) is 1. The molecule has 0 radical (unpaired) electrons. The van der Waals surface area contributed by atoms with Crippen LogP contribution in [0.3, 0.4) is 0 Å². The first-order chi connectivity index (χ1) is 10.3. The molecule has 1 aliphatic heterocycles. The van der Waals surface area contributed by atoms with Crippen molar-refractivity contribution in [1.82, 2.24) is 9.88 Å². The van der Waals surface area contributed by atoms with E-state index in [1.54, 1.807) is 0 Å². The number of piperidine rings is 1. The fourth-order valence-electron chi connectivity index (χ4n) is 3.16. The van der Waals surface area contributed by atoms with Gasteiger partial charge in [0.15, 0.2) is 5.96 Å². The number of benzene rings is 1. The number of rotatable bonds is 3. The predicted octanol–water partition coefficient (Wildman–Crippen LogP) is 3.44. The van der Waals surface area contributed by atoms with Crippen LogP contribution >= 0.6 is 24.0 Å². The number of aromatic amines is 1. The summed E-state index contributed by atoms with van der Waals surface area (Å²) in [5, 5.41) is 1.34. The molecule has 0 aliphatic carbocycles. The van der Waals surface area contributed by atoms with E-state index < -0.39 is 0 Å². The third-order valence-corrected chi connectivity index (χ3v) is 4.33. The van der Waals surface area contributed by atoms with Crippen LogP contribution in [-0.2, 0) is 6.42 Å². The number of aryl methyl sites for hydroxylation is 1. The molecule has 3 rings (SSSR count). The summed E-state index contributed by atoms with van der Waals surface area (Å²) in [7, 11) is 0. The maximum Gasteiger partial charge on any atom is 0.191 e. The van der Waals surface area contributed by atoms with Crippen LogP contribution in [-0.4, -0.2) is 35.5 Å². The number of nitrogens with zero attached hydrogens (tertiary/aromatic N) is 2. The Kier molecular flexibility index (Phi) is 6.11. The first-order valence-corrected chi connectivity index (χ1v) is 7.86. The van der Waals surface area contributed by atoms with Crippen LogP contribution in [0.15, 0.2) is 29.4 Å². The molecule has 0 unspecified atom stereocenters. The maximum absolute atomic E-state index is 6.10. The summed E-state index contributed by atoms with van der Waals surface area (Å²) < 4.78 is 0. The maximum atomic E-state index is 6.10. The summed E-state index contributed by atoms with van der Waals surface area (Å²) in [5.41, 5.74) is 9.95. The summed E-state index contributed by atoms with van der Waals surface area (Å²) in [5.74, 6) is 0.714. The zero-order chi connectivity index (χ0) is 14.7. The summed E-state index contributed by atoms with van der Waals surface area (Å²) in [6.45, 7) is 5.03. The van der Waals surface area contributed by atoms with Crippen LogP contribution in [0.5, 0.6) is 0 Å². The molecule has 2 heterocycles. The molecule has 3 N–H and O–H groups in total. The van der Waals surface area contributed by atoms with Gasteiger partial charge in [0.2, 0.25) is 0 Å². The Hall–Kier alpha value is -1.24. The first kappa shape index (κ1) is 17.1. The molecule has 0 saturated carbocycles. The number of hydrogen-bond donors (Lipinski definition) is 2. The van der Waals surface area contributed by atoms with Gasteiger partial charge >= 0.3 is 0 Å². The van der Waals surface area contributed by atoms with E-state index in [9.17, 15) is 0 Å². The summed E-state index contributed by atoms with van der Waals surface area (Å²) in [4.78, 5) is 10.1.